The highest BCUT2D eigenvalue weighted by molar-refractivity contribution is 5.70. The van der Waals surface area contributed by atoms with Crippen LogP contribution in [-0.2, 0) is 0 Å². The van der Waals surface area contributed by atoms with Gasteiger partial charge in [0.2, 0.25) is 0 Å². The van der Waals surface area contributed by atoms with Gasteiger partial charge in [0.1, 0.15) is 11.8 Å². The van der Waals surface area contributed by atoms with E-state index in [0.717, 1.165) is 16.8 Å². The summed E-state index contributed by atoms with van der Waals surface area (Å²) in [4.78, 5) is 3.19. The standard InChI is InChI=1S/C15H11N3/c16-8-10-1-3-11(4-2-10)13-7-14(12-5-6-12)18-15(13)9-17/h1-4,7,12,18H,5-6H2. The van der Waals surface area contributed by atoms with Crippen molar-refractivity contribution in [2.24, 2.45) is 0 Å². The maximum atomic E-state index is 9.16. The van der Waals surface area contributed by atoms with Gasteiger partial charge in [0.05, 0.1) is 11.6 Å². The first-order chi connectivity index (χ1) is 8.81. The van der Waals surface area contributed by atoms with Crippen LogP contribution in [0.1, 0.15) is 35.7 Å². The summed E-state index contributed by atoms with van der Waals surface area (Å²) < 4.78 is 0. The Hall–Kier alpha value is -2.52. The first-order valence-corrected chi connectivity index (χ1v) is 5.95. The lowest BCUT2D eigenvalue weighted by atomic mass is 10.0. The van der Waals surface area contributed by atoms with Crippen molar-refractivity contribution in [2.75, 3.05) is 0 Å². The average molecular weight is 233 g/mol. The van der Waals surface area contributed by atoms with Gasteiger partial charge in [-0.2, -0.15) is 10.5 Å². The van der Waals surface area contributed by atoms with E-state index in [1.54, 1.807) is 12.1 Å². The van der Waals surface area contributed by atoms with E-state index in [0.29, 0.717) is 17.2 Å². The molecule has 3 rings (SSSR count). The summed E-state index contributed by atoms with van der Waals surface area (Å²) >= 11 is 0. The summed E-state index contributed by atoms with van der Waals surface area (Å²) in [6.45, 7) is 0. The van der Waals surface area contributed by atoms with Crippen LogP contribution in [0.15, 0.2) is 30.3 Å². The molecule has 1 aliphatic rings. The Balaban J connectivity index is 2.04. The molecule has 86 valence electrons. The number of hydrogen-bond donors (Lipinski definition) is 1. The van der Waals surface area contributed by atoms with Gasteiger partial charge < -0.3 is 4.98 Å². The van der Waals surface area contributed by atoms with Crippen LogP contribution in [0.5, 0.6) is 0 Å². The van der Waals surface area contributed by atoms with Crippen molar-refractivity contribution in [3.05, 3.63) is 47.3 Å². The number of aromatic nitrogens is 1. The van der Waals surface area contributed by atoms with E-state index < -0.39 is 0 Å². The summed E-state index contributed by atoms with van der Waals surface area (Å²) in [5, 5.41) is 17.9. The highest BCUT2D eigenvalue weighted by atomic mass is 14.8. The zero-order chi connectivity index (χ0) is 12.5. The third-order valence-electron chi connectivity index (χ3n) is 3.29. The van der Waals surface area contributed by atoms with Crippen LogP contribution in [-0.4, -0.2) is 4.98 Å². The predicted octanol–water partition coefficient (Wildman–Crippen LogP) is 3.30. The second-order valence-corrected chi connectivity index (χ2v) is 4.59. The van der Waals surface area contributed by atoms with E-state index >= 15 is 0 Å². The van der Waals surface area contributed by atoms with Crippen LogP contribution in [0, 0.1) is 22.7 Å². The number of H-pyrrole nitrogens is 1. The van der Waals surface area contributed by atoms with Gasteiger partial charge in [0.25, 0.3) is 0 Å². The van der Waals surface area contributed by atoms with E-state index in [-0.39, 0.29) is 0 Å². The van der Waals surface area contributed by atoms with Crippen molar-refractivity contribution < 1.29 is 0 Å². The maximum Gasteiger partial charge on any atom is 0.125 e. The Morgan fingerprint density at radius 1 is 1.06 bits per heavy atom. The van der Waals surface area contributed by atoms with Crippen LogP contribution in [0.3, 0.4) is 0 Å². The molecule has 1 aliphatic carbocycles. The van der Waals surface area contributed by atoms with Crippen molar-refractivity contribution in [1.82, 2.24) is 4.98 Å². The minimum atomic E-state index is 0.601. The predicted molar refractivity (Wildman–Crippen MR) is 67.6 cm³/mol. The van der Waals surface area contributed by atoms with E-state index in [1.165, 1.54) is 12.8 Å². The Kier molecular flexibility index (Phi) is 2.39. The normalized spacial score (nSPS) is 13.9. The fraction of sp³-hybridized carbons (Fsp3) is 0.200. The second-order valence-electron chi connectivity index (χ2n) is 4.59. The van der Waals surface area contributed by atoms with Gasteiger partial charge in [-0.15, -0.1) is 0 Å². The molecule has 1 N–H and O–H groups in total. The number of hydrogen-bond acceptors (Lipinski definition) is 2. The Labute approximate surface area is 105 Å². The molecule has 0 unspecified atom stereocenters. The molecule has 0 amide bonds. The molecule has 2 aromatic rings. The first-order valence-electron chi connectivity index (χ1n) is 5.95. The van der Waals surface area contributed by atoms with E-state index in [2.05, 4.69) is 23.2 Å². The molecule has 1 heterocycles. The van der Waals surface area contributed by atoms with E-state index in [1.807, 2.05) is 12.1 Å². The molecule has 3 heteroatoms. The minimum absolute atomic E-state index is 0.601. The smallest absolute Gasteiger partial charge is 0.125 e. The molecule has 1 saturated carbocycles. The number of benzene rings is 1. The largest absolute Gasteiger partial charge is 0.350 e. The lowest BCUT2D eigenvalue weighted by Gasteiger charge is -1.98. The molecule has 0 spiro atoms. The molecular weight excluding hydrogens is 222 g/mol. The molecule has 0 saturated heterocycles. The molecule has 0 aliphatic heterocycles. The summed E-state index contributed by atoms with van der Waals surface area (Å²) in [6, 6.07) is 13.7. The molecular formula is C15H11N3. The number of nitrogens with one attached hydrogen (secondary N) is 1. The van der Waals surface area contributed by atoms with Crippen molar-refractivity contribution in [3.63, 3.8) is 0 Å². The van der Waals surface area contributed by atoms with Gasteiger partial charge in [-0.1, -0.05) is 12.1 Å². The topological polar surface area (TPSA) is 63.4 Å². The molecule has 1 aromatic heterocycles. The van der Waals surface area contributed by atoms with Crippen molar-refractivity contribution in [3.8, 4) is 23.3 Å². The second kappa shape index (κ2) is 4.05. The average Bonchev–Trinajstić information content (AvgIpc) is 3.18. The Morgan fingerprint density at radius 3 is 2.33 bits per heavy atom. The molecule has 18 heavy (non-hydrogen) atoms. The SMILES string of the molecule is N#Cc1ccc(-c2cc(C3CC3)[nH]c2C#N)cc1. The molecule has 1 fully saturated rings. The summed E-state index contributed by atoms with van der Waals surface area (Å²) in [5.74, 6) is 0.601. The van der Waals surface area contributed by atoms with Gasteiger partial charge in [0, 0.05) is 11.3 Å². The highest BCUT2D eigenvalue weighted by Gasteiger charge is 2.26. The fourth-order valence-corrected chi connectivity index (χ4v) is 2.13. The van der Waals surface area contributed by atoms with Crippen molar-refractivity contribution in [1.29, 1.82) is 10.5 Å². The quantitative estimate of drug-likeness (QED) is 0.864. The van der Waals surface area contributed by atoms with Crippen LogP contribution in [0.25, 0.3) is 11.1 Å². The number of nitriles is 2. The van der Waals surface area contributed by atoms with Crippen molar-refractivity contribution in [2.45, 2.75) is 18.8 Å². The van der Waals surface area contributed by atoms with Crippen LogP contribution >= 0.6 is 0 Å². The Morgan fingerprint density at radius 2 is 1.78 bits per heavy atom. The lowest BCUT2D eigenvalue weighted by molar-refractivity contribution is 1.04. The van der Waals surface area contributed by atoms with Gasteiger partial charge in [-0.05, 0) is 42.5 Å². The lowest BCUT2D eigenvalue weighted by Crippen LogP contribution is -1.81. The van der Waals surface area contributed by atoms with Crippen LogP contribution < -0.4 is 0 Å². The zero-order valence-corrected chi connectivity index (χ0v) is 9.77. The van der Waals surface area contributed by atoms with E-state index in [4.69, 9.17) is 10.5 Å². The molecule has 1 aromatic carbocycles. The van der Waals surface area contributed by atoms with Gasteiger partial charge in [0.15, 0.2) is 0 Å². The third kappa shape index (κ3) is 1.77. The first kappa shape index (κ1) is 10.6. The van der Waals surface area contributed by atoms with Crippen LogP contribution in [0.4, 0.5) is 0 Å². The minimum Gasteiger partial charge on any atom is -0.350 e. The fourth-order valence-electron chi connectivity index (χ4n) is 2.13. The Bertz CT molecular complexity index is 661. The summed E-state index contributed by atoms with van der Waals surface area (Å²) in [5.41, 5.74) is 4.32. The molecule has 0 bridgehead atoms. The van der Waals surface area contributed by atoms with Crippen molar-refractivity contribution >= 4 is 0 Å². The number of aromatic amines is 1. The molecule has 3 nitrogen and oxygen atoms in total. The highest BCUT2D eigenvalue weighted by Crippen LogP contribution is 2.41. The van der Waals surface area contributed by atoms with Gasteiger partial charge in [-0.3, -0.25) is 0 Å². The number of rotatable bonds is 2. The number of nitrogens with zero attached hydrogens (tertiary/aromatic N) is 2. The molecule has 0 radical (unpaired) electrons. The van der Waals surface area contributed by atoms with Gasteiger partial charge in [-0.25, -0.2) is 0 Å². The van der Waals surface area contributed by atoms with Crippen LogP contribution in [0.2, 0.25) is 0 Å². The van der Waals surface area contributed by atoms with Gasteiger partial charge >= 0.3 is 0 Å². The third-order valence-corrected chi connectivity index (χ3v) is 3.29. The van der Waals surface area contributed by atoms with E-state index in [9.17, 15) is 0 Å². The summed E-state index contributed by atoms with van der Waals surface area (Å²) in [6.07, 6.45) is 2.41. The molecule has 0 atom stereocenters. The zero-order valence-electron chi connectivity index (χ0n) is 9.77. The monoisotopic (exact) mass is 233 g/mol. The maximum absolute atomic E-state index is 9.16. The summed E-state index contributed by atoms with van der Waals surface area (Å²) in [7, 11) is 0.